The summed E-state index contributed by atoms with van der Waals surface area (Å²) < 4.78 is 22.8. The zero-order valence-corrected chi connectivity index (χ0v) is 49.2. The normalized spacial score (nSPS) is 24.8. The van der Waals surface area contributed by atoms with Gasteiger partial charge in [-0.3, -0.25) is 4.79 Å². The maximum atomic E-state index is 13.3. The maximum Gasteiger partial charge on any atom is 0.220 e. The fraction of sp³-hybridized carbons (Fsp3) is 0.859. The molecule has 2 heterocycles. The number of aliphatic hydroxyl groups is 8. The molecule has 0 aromatic heterocycles. The highest BCUT2D eigenvalue weighted by Crippen LogP contribution is 2.30. The van der Waals surface area contributed by atoms with Crippen molar-refractivity contribution in [2.24, 2.45) is 0 Å². The van der Waals surface area contributed by atoms with Crippen molar-refractivity contribution >= 4 is 5.91 Å². The van der Waals surface area contributed by atoms with Gasteiger partial charge in [-0.15, -0.1) is 0 Å². The van der Waals surface area contributed by atoms with Crippen LogP contribution in [0.5, 0.6) is 0 Å². The van der Waals surface area contributed by atoms with Gasteiger partial charge in [-0.25, -0.2) is 0 Å². The van der Waals surface area contributed by atoms with Crippen LogP contribution in [0.3, 0.4) is 0 Å². The average Bonchev–Trinajstić information content (AvgIpc) is 3.47. The minimum atomic E-state index is -1.78. The summed E-state index contributed by atoms with van der Waals surface area (Å²) >= 11 is 0. The third-order valence-electron chi connectivity index (χ3n) is 15.6. The summed E-state index contributed by atoms with van der Waals surface area (Å²) in [7, 11) is 0. The average molecular weight is 1110 g/mol. The van der Waals surface area contributed by atoms with Crippen molar-refractivity contribution in [1.29, 1.82) is 0 Å². The molecule has 2 aliphatic rings. The monoisotopic (exact) mass is 1110 g/mol. The van der Waals surface area contributed by atoms with Gasteiger partial charge in [-0.05, 0) is 51.4 Å². The summed E-state index contributed by atoms with van der Waals surface area (Å²) in [6.07, 6.45) is 45.7. The summed E-state index contributed by atoms with van der Waals surface area (Å²) in [6, 6.07) is -0.826. The molecule has 0 spiro atoms. The second-order valence-corrected chi connectivity index (χ2v) is 22.5. The van der Waals surface area contributed by atoms with E-state index >= 15 is 0 Å². The van der Waals surface area contributed by atoms with Crippen molar-refractivity contribution in [3.63, 3.8) is 0 Å². The van der Waals surface area contributed by atoms with Gasteiger partial charge in [0, 0.05) is 6.42 Å². The molecule has 2 aliphatic heterocycles. The molecule has 456 valence electrons. The number of carbonyl (C=O) groups excluding carboxylic acids is 1. The van der Waals surface area contributed by atoms with E-state index < -0.39 is 86.8 Å². The van der Waals surface area contributed by atoms with Crippen LogP contribution in [0.2, 0.25) is 0 Å². The standard InChI is InChI=1S/C64H117NO13/c1-3-5-7-9-11-13-15-16-17-18-19-20-21-22-23-24-25-26-27-28-29-30-31-32-33-34-35-36-38-40-42-44-46-48-56(69)65-52(53(68)47-45-43-41-39-37-14-12-10-8-6-4-2)51-75-63-61(74)59(72)62(55(50-67)77-63)78-64-60(73)58(71)57(70)54(49-66)76-64/h5,7,11,13,16-17,19-20,52-55,57-64,66-68,70-74H,3-4,6,8-10,12,14-15,18,21-51H2,1-2H3,(H,65,69)/b7-5-,13-11-,17-16-,20-19-. The van der Waals surface area contributed by atoms with E-state index in [1.165, 1.54) is 154 Å². The molecule has 2 fully saturated rings. The highest BCUT2D eigenvalue weighted by molar-refractivity contribution is 5.76. The van der Waals surface area contributed by atoms with Gasteiger partial charge in [0.05, 0.1) is 32.0 Å². The van der Waals surface area contributed by atoms with Gasteiger partial charge in [0.15, 0.2) is 12.6 Å². The Morgan fingerprint density at radius 1 is 0.474 bits per heavy atom. The fourth-order valence-corrected chi connectivity index (χ4v) is 10.5. The van der Waals surface area contributed by atoms with Crippen LogP contribution in [-0.2, 0) is 23.7 Å². The van der Waals surface area contributed by atoms with Crippen LogP contribution in [0, 0.1) is 0 Å². The molecule has 12 atom stereocenters. The Morgan fingerprint density at radius 3 is 1.36 bits per heavy atom. The Hall–Kier alpha value is -2.05. The number of carbonyl (C=O) groups is 1. The topological polar surface area (TPSA) is 228 Å². The third kappa shape index (κ3) is 34.4. The predicted molar refractivity (Wildman–Crippen MR) is 314 cm³/mol. The van der Waals surface area contributed by atoms with Gasteiger partial charge >= 0.3 is 0 Å². The molecule has 0 saturated carbocycles. The first-order chi connectivity index (χ1) is 38.1. The SMILES string of the molecule is CC/C=C\C/C=C\C/C=C\C/C=C\CCCCCCCCCCCCCCCCCCCCCCC(=O)NC(COC1OC(CO)C(OC2OC(CO)C(O)C(O)C2O)C(O)C1O)C(O)CCCCCCCCCCCCC. The van der Waals surface area contributed by atoms with Crippen molar-refractivity contribution in [3.05, 3.63) is 48.6 Å². The van der Waals surface area contributed by atoms with Gasteiger partial charge in [0.1, 0.15) is 48.8 Å². The lowest BCUT2D eigenvalue weighted by Gasteiger charge is -2.46. The molecule has 9 N–H and O–H groups in total. The predicted octanol–water partition coefficient (Wildman–Crippen LogP) is 11.6. The van der Waals surface area contributed by atoms with E-state index in [2.05, 4.69) is 67.8 Å². The molecular formula is C64H117NO13. The molecule has 14 heteroatoms. The van der Waals surface area contributed by atoms with Crippen LogP contribution >= 0.6 is 0 Å². The third-order valence-corrected chi connectivity index (χ3v) is 15.6. The summed E-state index contributed by atoms with van der Waals surface area (Å²) in [5, 5.41) is 87.2. The van der Waals surface area contributed by atoms with Crippen LogP contribution in [0.4, 0.5) is 0 Å². The van der Waals surface area contributed by atoms with E-state index in [-0.39, 0.29) is 12.5 Å². The summed E-state index contributed by atoms with van der Waals surface area (Å²) in [5.74, 6) is -0.205. The first-order valence-electron chi connectivity index (χ1n) is 31.9. The van der Waals surface area contributed by atoms with E-state index in [1.807, 2.05) is 0 Å². The largest absolute Gasteiger partial charge is 0.394 e. The fourth-order valence-electron chi connectivity index (χ4n) is 10.5. The van der Waals surface area contributed by atoms with Crippen LogP contribution in [0.15, 0.2) is 48.6 Å². The van der Waals surface area contributed by atoms with Crippen LogP contribution in [-0.4, -0.2) is 140 Å². The Morgan fingerprint density at radius 2 is 0.885 bits per heavy atom. The van der Waals surface area contributed by atoms with Crippen molar-refractivity contribution in [3.8, 4) is 0 Å². The molecule has 0 bridgehead atoms. The molecule has 0 aromatic rings. The van der Waals surface area contributed by atoms with Gasteiger partial charge in [0.2, 0.25) is 5.91 Å². The second kappa shape index (κ2) is 49.5. The zero-order chi connectivity index (χ0) is 56.7. The number of nitrogens with one attached hydrogen (secondary N) is 1. The maximum absolute atomic E-state index is 13.3. The van der Waals surface area contributed by atoms with E-state index in [1.54, 1.807) is 0 Å². The Bertz CT molecular complexity index is 1490. The summed E-state index contributed by atoms with van der Waals surface area (Å²) in [4.78, 5) is 13.3. The van der Waals surface area contributed by atoms with Crippen LogP contribution < -0.4 is 5.32 Å². The number of hydrogen-bond donors (Lipinski definition) is 9. The molecule has 14 nitrogen and oxygen atoms in total. The number of amides is 1. The van der Waals surface area contributed by atoms with Crippen LogP contribution in [0.1, 0.15) is 258 Å². The molecule has 0 aromatic carbocycles. The number of aliphatic hydroxyl groups excluding tert-OH is 8. The Balaban J connectivity index is 1.60. The van der Waals surface area contributed by atoms with Gasteiger partial charge < -0.3 is 65.1 Å². The molecule has 1 amide bonds. The highest BCUT2D eigenvalue weighted by atomic mass is 16.7. The lowest BCUT2D eigenvalue weighted by molar-refractivity contribution is -0.359. The smallest absolute Gasteiger partial charge is 0.220 e. The molecule has 12 unspecified atom stereocenters. The van der Waals surface area contributed by atoms with E-state index in [9.17, 15) is 45.6 Å². The van der Waals surface area contributed by atoms with Crippen molar-refractivity contribution in [1.82, 2.24) is 5.32 Å². The lowest BCUT2D eigenvalue weighted by atomic mass is 9.97. The van der Waals surface area contributed by atoms with Crippen LogP contribution in [0.25, 0.3) is 0 Å². The van der Waals surface area contributed by atoms with E-state index in [0.717, 1.165) is 77.0 Å². The molecule has 2 rings (SSSR count). The van der Waals surface area contributed by atoms with Gasteiger partial charge in [-0.1, -0.05) is 249 Å². The summed E-state index contributed by atoms with van der Waals surface area (Å²) in [6.45, 7) is 2.75. The first-order valence-corrected chi connectivity index (χ1v) is 31.9. The Labute approximate surface area is 473 Å². The number of unbranched alkanes of at least 4 members (excludes halogenated alkanes) is 30. The minimum Gasteiger partial charge on any atom is -0.394 e. The Kier molecular flexibility index (Phi) is 45.8. The molecular weight excluding hydrogens is 991 g/mol. The van der Waals surface area contributed by atoms with Gasteiger partial charge in [-0.2, -0.15) is 0 Å². The second-order valence-electron chi connectivity index (χ2n) is 22.5. The van der Waals surface area contributed by atoms with Crippen molar-refractivity contribution < 1.29 is 64.6 Å². The quantitative estimate of drug-likeness (QED) is 0.0204. The molecule has 0 radical (unpaired) electrons. The lowest BCUT2D eigenvalue weighted by Crippen LogP contribution is -2.65. The number of allylic oxidation sites excluding steroid dienone is 8. The highest BCUT2D eigenvalue weighted by Gasteiger charge is 2.51. The molecule has 2 saturated heterocycles. The van der Waals surface area contributed by atoms with Crippen molar-refractivity contribution in [2.75, 3.05) is 19.8 Å². The first kappa shape index (κ1) is 72.1. The van der Waals surface area contributed by atoms with E-state index in [0.29, 0.717) is 12.8 Å². The number of rotatable bonds is 51. The van der Waals surface area contributed by atoms with Gasteiger partial charge in [0.25, 0.3) is 0 Å². The molecule has 78 heavy (non-hydrogen) atoms. The van der Waals surface area contributed by atoms with Crippen molar-refractivity contribution in [2.45, 2.75) is 331 Å². The zero-order valence-electron chi connectivity index (χ0n) is 49.2. The number of ether oxygens (including phenoxy) is 4. The molecule has 0 aliphatic carbocycles. The minimum absolute atomic E-state index is 0.205. The van der Waals surface area contributed by atoms with E-state index in [4.69, 9.17) is 18.9 Å². The summed E-state index contributed by atoms with van der Waals surface area (Å²) in [5.41, 5.74) is 0. The number of hydrogen-bond acceptors (Lipinski definition) is 13.